The molecule has 0 saturated heterocycles. The van der Waals surface area contributed by atoms with Crippen LogP contribution in [0.2, 0.25) is 0 Å². The lowest BCUT2D eigenvalue weighted by Gasteiger charge is -2.09. The molecule has 0 saturated carbocycles. The van der Waals surface area contributed by atoms with Crippen molar-refractivity contribution in [3.8, 4) is 0 Å². The lowest BCUT2D eigenvalue weighted by molar-refractivity contribution is 0.646. The van der Waals surface area contributed by atoms with Crippen LogP contribution in [0, 0.1) is 19.8 Å². The van der Waals surface area contributed by atoms with Crippen molar-refractivity contribution in [3.05, 3.63) is 41.8 Å². The largest absolute Gasteiger partial charge is 0.0625 e. The molecule has 1 rings (SSSR count). The van der Waals surface area contributed by atoms with Crippen LogP contribution in [0.1, 0.15) is 37.0 Å². The zero-order valence-electron chi connectivity index (χ0n) is 9.64. The van der Waals surface area contributed by atoms with E-state index < -0.39 is 0 Å². The Morgan fingerprint density at radius 3 is 2.50 bits per heavy atom. The average Bonchev–Trinajstić information content (AvgIpc) is 2.09. The first-order chi connectivity index (χ1) is 6.63. The molecule has 0 bridgehead atoms. The maximum Gasteiger partial charge on any atom is -0.0256 e. The van der Waals surface area contributed by atoms with E-state index in [1.54, 1.807) is 0 Å². The van der Waals surface area contributed by atoms with Gasteiger partial charge in [0, 0.05) is 0 Å². The summed E-state index contributed by atoms with van der Waals surface area (Å²) < 4.78 is 0. The van der Waals surface area contributed by atoms with E-state index in [0.29, 0.717) is 0 Å². The van der Waals surface area contributed by atoms with Crippen LogP contribution < -0.4 is 0 Å². The van der Waals surface area contributed by atoms with E-state index in [1.807, 2.05) is 0 Å². The topological polar surface area (TPSA) is 0 Å². The molecular weight excluding hydrogens is 168 g/mol. The minimum Gasteiger partial charge on any atom is -0.0625 e. The Balaban J connectivity index is 2.78. The van der Waals surface area contributed by atoms with Gasteiger partial charge in [-0.1, -0.05) is 39.0 Å². The van der Waals surface area contributed by atoms with Crippen LogP contribution in [0.25, 0.3) is 0 Å². The van der Waals surface area contributed by atoms with Crippen LogP contribution in [0.15, 0.2) is 18.2 Å². The monoisotopic (exact) mass is 189 g/mol. The third-order valence-corrected chi connectivity index (χ3v) is 2.50. The Bertz CT molecular complexity index is 284. The van der Waals surface area contributed by atoms with Crippen molar-refractivity contribution in [2.75, 3.05) is 0 Å². The summed E-state index contributed by atoms with van der Waals surface area (Å²) in [6.07, 6.45) is 3.28. The second kappa shape index (κ2) is 5.19. The van der Waals surface area contributed by atoms with Crippen molar-refractivity contribution in [1.29, 1.82) is 0 Å². The normalized spacial score (nSPS) is 10.9. The third kappa shape index (κ3) is 3.17. The van der Waals surface area contributed by atoms with Gasteiger partial charge >= 0.3 is 0 Å². The van der Waals surface area contributed by atoms with E-state index >= 15 is 0 Å². The van der Waals surface area contributed by atoms with E-state index in [9.17, 15) is 0 Å². The van der Waals surface area contributed by atoms with Crippen LogP contribution in [-0.4, -0.2) is 0 Å². The molecule has 0 aromatic heterocycles. The highest BCUT2D eigenvalue weighted by Gasteiger charge is 2.01. The summed E-state index contributed by atoms with van der Waals surface area (Å²) in [4.78, 5) is 0. The fraction of sp³-hybridized carbons (Fsp3) is 0.500. The first kappa shape index (κ1) is 11.3. The summed E-state index contributed by atoms with van der Waals surface area (Å²) in [5.41, 5.74) is 4.34. The molecule has 0 unspecified atom stereocenters. The molecule has 77 valence electrons. The van der Waals surface area contributed by atoms with Crippen LogP contribution in [0.4, 0.5) is 0 Å². The first-order valence-electron chi connectivity index (χ1n) is 5.51. The van der Waals surface area contributed by atoms with E-state index in [2.05, 4.69) is 45.9 Å². The van der Waals surface area contributed by atoms with Gasteiger partial charge in [0.25, 0.3) is 0 Å². The van der Waals surface area contributed by atoms with Gasteiger partial charge in [-0.25, -0.2) is 0 Å². The van der Waals surface area contributed by atoms with Gasteiger partial charge in [0.05, 0.1) is 0 Å². The van der Waals surface area contributed by atoms with Crippen LogP contribution in [0.5, 0.6) is 0 Å². The van der Waals surface area contributed by atoms with Gasteiger partial charge in [0.2, 0.25) is 0 Å². The Hall–Kier alpha value is -0.780. The molecule has 0 heteroatoms. The number of benzene rings is 1. The minimum atomic E-state index is 0.744. The van der Waals surface area contributed by atoms with Crippen molar-refractivity contribution in [2.45, 2.75) is 40.0 Å². The fourth-order valence-corrected chi connectivity index (χ4v) is 1.83. The second-order valence-corrected chi connectivity index (χ2v) is 4.46. The number of hydrogen-bond donors (Lipinski definition) is 0. The van der Waals surface area contributed by atoms with E-state index in [-0.39, 0.29) is 0 Å². The highest BCUT2D eigenvalue weighted by molar-refractivity contribution is 5.31. The van der Waals surface area contributed by atoms with E-state index in [4.69, 9.17) is 0 Å². The molecule has 0 aliphatic heterocycles. The van der Waals surface area contributed by atoms with Crippen molar-refractivity contribution in [1.82, 2.24) is 0 Å². The molecule has 0 atom stereocenters. The quantitative estimate of drug-likeness (QED) is 0.672. The average molecular weight is 189 g/mol. The van der Waals surface area contributed by atoms with Crippen LogP contribution in [-0.2, 0) is 12.8 Å². The number of hydrogen-bond acceptors (Lipinski definition) is 0. The Kier molecular flexibility index (Phi) is 4.19. The maximum absolute atomic E-state index is 3.89. The molecule has 14 heavy (non-hydrogen) atoms. The lowest BCUT2D eigenvalue weighted by atomic mass is 9.97. The summed E-state index contributed by atoms with van der Waals surface area (Å²) in [6, 6.07) is 6.85. The highest BCUT2D eigenvalue weighted by Crippen LogP contribution is 2.15. The summed E-state index contributed by atoms with van der Waals surface area (Å²) in [5.74, 6) is 0.744. The predicted molar refractivity (Wildman–Crippen MR) is 63.4 cm³/mol. The Morgan fingerprint density at radius 1 is 1.29 bits per heavy atom. The van der Waals surface area contributed by atoms with Gasteiger partial charge in [-0.2, -0.15) is 0 Å². The third-order valence-electron chi connectivity index (χ3n) is 2.50. The van der Waals surface area contributed by atoms with Gasteiger partial charge in [0.15, 0.2) is 0 Å². The second-order valence-electron chi connectivity index (χ2n) is 4.46. The van der Waals surface area contributed by atoms with Crippen molar-refractivity contribution >= 4 is 0 Å². The van der Waals surface area contributed by atoms with Crippen molar-refractivity contribution in [3.63, 3.8) is 0 Å². The highest BCUT2D eigenvalue weighted by atomic mass is 14.1. The van der Waals surface area contributed by atoms with Gasteiger partial charge in [0.1, 0.15) is 0 Å². The molecule has 0 N–H and O–H groups in total. The number of aryl methyl sites for hydroxylation is 2. The maximum atomic E-state index is 3.89. The molecule has 0 spiro atoms. The van der Waals surface area contributed by atoms with E-state index in [0.717, 1.165) is 18.8 Å². The molecule has 0 aliphatic rings. The van der Waals surface area contributed by atoms with Crippen molar-refractivity contribution < 1.29 is 0 Å². The molecule has 0 aliphatic carbocycles. The first-order valence-corrected chi connectivity index (χ1v) is 5.51. The molecule has 1 aromatic carbocycles. The molecule has 0 amide bonds. The van der Waals surface area contributed by atoms with Gasteiger partial charge in [-0.15, -0.1) is 0 Å². The SMILES string of the molecule is [CH2]CCc1ccc(CC(C)C)cc1C. The molecule has 0 nitrogen and oxygen atoms in total. The zero-order valence-corrected chi connectivity index (χ0v) is 9.64. The molecule has 1 radical (unpaired) electrons. The summed E-state index contributed by atoms with van der Waals surface area (Å²) in [7, 11) is 0. The van der Waals surface area contributed by atoms with Crippen LogP contribution in [0.3, 0.4) is 0 Å². The van der Waals surface area contributed by atoms with Crippen LogP contribution >= 0.6 is 0 Å². The van der Waals surface area contributed by atoms with Gasteiger partial charge < -0.3 is 0 Å². The predicted octanol–water partition coefficient (Wildman–Crippen LogP) is 3.96. The Morgan fingerprint density at radius 2 is 2.00 bits per heavy atom. The zero-order chi connectivity index (χ0) is 10.6. The summed E-state index contributed by atoms with van der Waals surface area (Å²) in [5, 5.41) is 0. The smallest absolute Gasteiger partial charge is 0.0256 e. The van der Waals surface area contributed by atoms with E-state index in [1.165, 1.54) is 23.1 Å². The minimum absolute atomic E-state index is 0.744. The molecule has 0 heterocycles. The lowest BCUT2D eigenvalue weighted by Crippen LogP contribution is -1.96. The van der Waals surface area contributed by atoms with Gasteiger partial charge in [-0.05, 0) is 48.8 Å². The summed E-state index contributed by atoms with van der Waals surface area (Å²) in [6.45, 7) is 10.6. The molecular formula is C14H21. The standard InChI is InChI=1S/C14H21/c1-5-6-14-8-7-13(9-11(2)3)10-12(14)4/h7-8,10-11H,1,5-6,9H2,2-4H3. The van der Waals surface area contributed by atoms with Gasteiger partial charge in [-0.3, -0.25) is 0 Å². The number of rotatable bonds is 4. The fourth-order valence-electron chi connectivity index (χ4n) is 1.83. The van der Waals surface area contributed by atoms with Crippen molar-refractivity contribution in [2.24, 2.45) is 5.92 Å². The Labute approximate surface area is 88.4 Å². The molecule has 1 aromatic rings. The summed E-state index contributed by atoms with van der Waals surface area (Å²) >= 11 is 0. The molecule has 0 fully saturated rings.